The molecule has 0 saturated heterocycles. The van der Waals surface area contributed by atoms with E-state index in [1.165, 1.54) is 11.1 Å². The number of anilines is 1. The number of hydrogen-bond donors (Lipinski definition) is 1. The maximum atomic E-state index is 11.9. The molecule has 0 spiro atoms. The minimum atomic E-state index is -0.182. The van der Waals surface area contributed by atoms with Crippen molar-refractivity contribution >= 4 is 11.7 Å². The van der Waals surface area contributed by atoms with Crippen LogP contribution in [0.15, 0.2) is 36.4 Å². The lowest BCUT2D eigenvalue weighted by Gasteiger charge is -2.29. The second-order valence-corrected chi connectivity index (χ2v) is 5.85. The molecule has 0 radical (unpaired) electrons. The average molecular weight is 296 g/mol. The number of fused-ring (bicyclic) bond motifs is 1. The number of aromatic nitrogens is 2. The largest absolute Gasteiger partial charge is 0.350 e. The van der Waals surface area contributed by atoms with E-state index in [1.807, 2.05) is 19.9 Å². The van der Waals surface area contributed by atoms with Gasteiger partial charge in [-0.3, -0.25) is 4.79 Å². The van der Waals surface area contributed by atoms with Crippen molar-refractivity contribution in [3.63, 3.8) is 0 Å². The molecule has 0 unspecified atom stereocenters. The van der Waals surface area contributed by atoms with Gasteiger partial charge in [0.1, 0.15) is 0 Å². The number of nitrogens with one attached hydrogen (secondary N) is 1. The van der Waals surface area contributed by atoms with Crippen LogP contribution in [0.25, 0.3) is 0 Å². The molecule has 1 aromatic carbocycles. The van der Waals surface area contributed by atoms with E-state index in [2.05, 4.69) is 44.7 Å². The van der Waals surface area contributed by atoms with Crippen LogP contribution in [0, 0.1) is 0 Å². The van der Waals surface area contributed by atoms with Gasteiger partial charge in [-0.2, -0.15) is 0 Å². The molecular formula is C17H20N4O. The molecule has 3 rings (SSSR count). The van der Waals surface area contributed by atoms with Crippen molar-refractivity contribution in [2.24, 2.45) is 0 Å². The van der Waals surface area contributed by atoms with Crippen LogP contribution in [0.2, 0.25) is 0 Å². The fourth-order valence-electron chi connectivity index (χ4n) is 2.64. The van der Waals surface area contributed by atoms with Crippen molar-refractivity contribution in [1.29, 1.82) is 0 Å². The molecule has 0 fully saturated rings. The van der Waals surface area contributed by atoms with Crippen molar-refractivity contribution in [1.82, 2.24) is 15.5 Å². The second-order valence-electron chi connectivity index (χ2n) is 5.85. The van der Waals surface area contributed by atoms with Gasteiger partial charge in [-0.1, -0.05) is 24.3 Å². The number of hydrogen-bond acceptors (Lipinski definition) is 4. The predicted octanol–water partition coefficient (Wildman–Crippen LogP) is 2.18. The third kappa shape index (κ3) is 3.08. The summed E-state index contributed by atoms with van der Waals surface area (Å²) in [6.45, 7) is 5.60. The van der Waals surface area contributed by atoms with E-state index >= 15 is 0 Å². The first kappa shape index (κ1) is 14.5. The molecule has 2 heterocycles. The first-order chi connectivity index (χ1) is 10.6. The standard InChI is InChI=1S/C17H20N4O/c1-12(2)18-17(22)15-7-8-16(20-19-15)21-10-9-13-5-3-4-6-14(13)11-21/h3-8,12H,9-11H2,1-2H3,(H,18,22). The van der Waals surface area contributed by atoms with Gasteiger partial charge in [0, 0.05) is 19.1 Å². The zero-order chi connectivity index (χ0) is 15.5. The molecule has 2 aromatic rings. The number of nitrogens with zero attached hydrogens (tertiary/aromatic N) is 3. The van der Waals surface area contributed by atoms with Gasteiger partial charge in [0.05, 0.1) is 0 Å². The minimum Gasteiger partial charge on any atom is -0.350 e. The fraction of sp³-hybridized carbons (Fsp3) is 0.353. The quantitative estimate of drug-likeness (QED) is 0.943. The van der Waals surface area contributed by atoms with E-state index in [9.17, 15) is 4.79 Å². The van der Waals surface area contributed by atoms with Gasteiger partial charge in [-0.05, 0) is 43.5 Å². The summed E-state index contributed by atoms with van der Waals surface area (Å²) in [6.07, 6.45) is 1.01. The molecule has 0 bridgehead atoms. The zero-order valence-electron chi connectivity index (χ0n) is 12.9. The number of rotatable bonds is 3. The highest BCUT2D eigenvalue weighted by molar-refractivity contribution is 5.92. The third-order valence-corrected chi connectivity index (χ3v) is 3.76. The summed E-state index contributed by atoms with van der Waals surface area (Å²) in [5.41, 5.74) is 3.09. The summed E-state index contributed by atoms with van der Waals surface area (Å²) in [5.74, 6) is 0.633. The van der Waals surface area contributed by atoms with Gasteiger partial charge in [-0.25, -0.2) is 0 Å². The smallest absolute Gasteiger partial charge is 0.271 e. The Bertz CT molecular complexity index is 667. The van der Waals surface area contributed by atoms with Gasteiger partial charge >= 0.3 is 0 Å². The molecule has 1 aliphatic heterocycles. The molecule has 1 amide bonds. The highest BCUT2D eigenvalue weighted by atomic mass is 16.2. The van der Waals surface area contributed by atoms with E-state index in [4.69, 9.17) is 0 Å². The van der Waals surface area contributed by atoms with Crippen molar-refractivity contribution in [3.05, 3.63) is 53.2 Å². The molecule has 0 saturated carbocycles. The zero-order valence-corrected chi connectivity index (χ0v) is 12.9. The Kier molecular flexibility index (Phi) is 4.04. The fourth-order valence-corrected chi connectivity index (χ4v) is 2.64. The minimum absolute atomic E-state index is 0.0903. The van der Waals surface area contributed by atoms with Crippen LogP contribution >= 0.6 is 0 Å². The molecule has 5 nitrogen and oxygen atoms in total. The maximum absolute atomic E-state index is 11.9. The van der Waals surface area contributed by atoms with Gasteiger partial charge in [0.25, 0.3) is 5.91 Å². The number of carbonyl (C=O) groups excluding carboxylic acids is 1. The van der Waals surface area contributed by atoms with Crippen LogP contribution in [0.5, 0.6) is 0 Å². The summed E-state index contributed by atoms with van der Waals surface area (Å²) in [6, 6.07) is 12.2. The number of amides is 1. The summed E-state index contributed by atoms with van der Waals surface area (Å²) >= 11 is 0. The van der Waals surface area contributed by atoms with Crippen LogP contribution in [0.3, 0.4) is 0 Å². The SMILES string of the molecule is CC(C)NC(=O)c1ccc(N2CCc3ccccc3C2)nn1. The summed E-state index contributed by atoms with van der Waals surface area (Å²) in [5, 5.41) is 11.1. The van der Waals surface area contributed by atoms with Crippen LogP contribution in [0.4, 0.5) is 5.82 Å². The Hall–Kier alpha value is -2.43. The summed E-state index contributed by atoms with van der Waals surface area (Å²) in [4.78, 5) is 14.1. The molecular weight excluding hydrogens is 276 g/mol. The monoisotopic (exact) mass is 296 g/mol. The van der Waals surface area contributed by atoms with Crippen LogP contribution in [0.1, 0.15) is 35.5 Å². The van der Waals surface area contributed by atoms with Crippen molar-refractivity contribution in [3.8, 4) is 0 Å². The van der Waals surface area contributed by atoms with Gasteiger partial charge in [0.15, 0.2) is 11.5 Å². The average Bonchev–Trinajstić information content (AvgIpc) is 2.54. The molecule has 1 N–H and O–H groups in total. The summed E-state index contributed by atoms with van der Waals surface area (Å²) < 4.78 is 0. The van der Waals surface area contributed by atoms with Gasteiger partial charge in [0.2, 0.25) is 0 Å². The Morgan fingerprint density at radius 2 is 1.91 bits per heavy atom. The first-order valence-electron chi connectivity index (χ1n) is 7.60. The first-order valence-corrected chi connectivity index (χ1v) is 7.60. The number of carbonyl (C=O) groups is 1. The van der Waals surface area contributed by atoms with Crippen molar-refractivity contribution < 1.29 is 4.79 Å². The van der Waals surface area contributed by atoms with E-state index in [0.29, 0.717) is 5.69 Å². The molecule has 0 atom stereocenters. The lowest BCUT2D eigenvalue weighted by molar-refractivity contribution is 0.0937. The molecule has 114 valence electrons. The van der Waals surface area contributed by atoms with Gasteiger partial charge in [-0.15, -0.1) is 10.2 Å². The predicted molar refractivity (Wildman–Crippen MR) is 85.8 cm³/mol. The lowest BCUT2D eigenvalue weighted by atomic mass is 10.00. The molecule has 1 aromatic heterocycles. The van der Waals surface area contributed by atoms with Crippen molar-refractivity contribution in [2.45, 2.75) is 32.9 Å². The van der Waals surface area contributed by atoms with E-state index in [1.54, 1.807) is 6.07 Å². The highest BCUT2D eigenvalue weighted by Crippen LogP contribution is 2.22. The van der Waals surface area contributed by atoms with Crippen molar-refractivity contribution in [2.75, 3.05) is 11.4 Å². The van der Waals surface area contributed by atoms with Gasteiger partial charge < -0.3 is 10.2 Å². The topological polar surface area (TPSA) is 58.1 Å². The molecule has 22 heavy (non-hydrogen) atoms. The van der Waals surface area contributed by atoms with E-state index < -0.39 is 0 Å². The van der Waals surface area contributed by atoms with Crippen LogP contribution < -0.4 is 10.2 Å². The van der Waals surface area contributed by atoms with Crippen LogP contribution in [-0.4, -0.2) is 28.7 Å². The highest BCUT2D eigenvalue weighted by Gasteiger charge is 2.18. The van der Waals surface area contributed by atoms with E-state index in [-0.39, 0.29) is 11.9 Å². The Labute approximate surface area is 130 Å². The molecule has 0 aliphatic carbocycles. The van der Waals surface area contributed by atoms with E-state index in [0.717, 1.165) is 25.3 Å². The third-order valence-electron chi connectivity index (χ3n) is 3.76. The maximum Gasteiger partial charge on any atom is 0.271 e. The summed E-state index contributed by atoms with van der Waals surface area (Å²) in [7, 11) is 0. The Balaban J connectivity index is 1.73. The number of benzene rings is 1. The lowest BCUT2D eigenvalue weighted by Crippen LogP contribution is -2.32. The molecule has 5 heteroatoms. The Morgan fingerprint density at radius 3 is 2.59 bits per heavy atom. The second kappa shape index (κ2) is 6.13. The Morgan fingerprint density at radius 1 is 1.14 bits per heavy atom. The van der Waals surface area contributed by atoms with Crippen LogP contribution in [-0.2, 0) is 13.0 Å². The normalized spacial score (nSPS) is 13.9. The molecule has 1 aliphatic rings.